The SMILES string of the molecule is Cc1cc(Nc2cc(N3CC(F)(C4CC4)C3)nc(Sc3ccc(NC(=O)C4CC4(F)F)cc3)n2)n[nH]1.[HH].[HH]. The third-order valence-corrected chi connectivity index (χ3v) is 7.54. The summed E-state index contributed by atoms with van der Waals surface area (Å²) < 4.78 is 41.2. The Morgan fingerprint density at radius 2 is 1.86 bits per heavy atom. The number of carbonyl (C=O) groups is 1. The number of halogens is 3. The van der Waals surface area contributed by atoms with Crippen molar-refractivity contribution in [3.8, 4) is 0 Å². The van der Waals surface area contributed by atoms with Crippen LogP contribution in [0.1, 0.15) is 27.8 Å². The highest BCUT2D eigenvalue weighted by molar-refractivity contribution is 7.99. The maximum Gasteiger partial charge on any atom is 0.260 e. The molecule has 3 N–H and O–H groups in total. The van der Waals surface area contributed by atoms with Gasteiger partial charge in [-0.2, -0.15) is 5.10 Å². The van der Waals surface area contributed by atoms with E-state index in [0.29, 0.717) is 41.4 Å². The summed E-state index contributed by atoms with van der Waals surface area (Å²) in [7, 11) is 0. The van der Waals surface area contributed by atoms with E-state index in [4.69, 9.17) is 0 Å². The van der Waals surface area contributed by atoms with Crippen LogP contribution in [0.4, 0.5) is 36.3 Å². The van der Waals surface area contributed by atoms with E-state index >= 15 is 0 Å². The zero-order valence-electron chi connectivity index (χ0n) is 19.4. The van der Waals surface area contributed by atoms with Crippen molar-refractivity contribution < 1.29 is 20.8 Å². The Hall–Kier alpha value is -3.28. The molecule has 3 aliphatic rings. The monoisotopic (exact) mass is 519 g/mol. The van der Waals surface area contributed by atoms with E-state index in [1.54, 1.807) is 30.3 Å². The summed E-state index contributed by atoms with van der Waals surface area (Å²) in [6, 6.07) is 10.5. The van der Waals surface area contributed by atoms with Crippen LogP contribution in [-0.2, 0) is 4.79 Å². The first kappa shape index (κ1) is 23.1. The Bertz CT molecular complexity index is 1320. The summed E-state index contributed by atoms with van der Waals surface area (Å²) in [6.45, 7) is 2.52. The predicted octanol–water partition coefficient (Wildman–Crippen LogP) is 5.43. The Morgan fingerprint density at radius 1 is 1.14 bits per heavy atom. The third kappa shape index (κ3) is 4.73. The highest BCUT2D eigenvalue weighted by atomic mass is 32.2. The summed E-state index contributed by atoms with van der Waals surface area (Å²) in [5.41, 5.74) is 0.196. The highest BCUT2D eigenvalue weighted by Crippen LogP contribution is 2.49. The largest absolute Gasteiger partial charge is 0.350 e. The molecule has 1 saturated heterocycles. The fourth-order valence-electron chi connectivity index (χ4n) is 4.35. The number of aromatic nitrogens is 4. The van der Waals surface area contributed by atoms with E-state index in [2.05, 4.69) is 30.8 Å². The van der Waals surface area contributed by atoms with Crippen LogP contribution >= 0.6 is 11.8 Å². The Labute approximate surface area is 212 Å². The molecule has 0 radical (unpaired) electrons. The lowest BCUT2D eigenvalue weighted by atomic mass is 9.91. The number of carbonyl (C=O) groups excluding carboxylic acids is 1. The number of hydrogen-bond acceptors (Lipinski definition) is 7. The minimum absolute atomic E-state index is 0. The minimum atomic E-state index is -2.90. The summed E-state index contributed by atoms with van der Waals surface area (Å²) in [4.78, 5) is 23.9. The van der Waals surface area contributed by atoms with Crippen LogP contribution in [0.25, 0.3) is 0 Å². The number of benzene rings is 1. The van der Waals surface area contributed by atoms with Gasteiger partial charge in [0, 0.05) is 37.7 Å². The molecule has 3 heterocycles. The average Bonchev–Trinajstić information content (AvgIpc) is 3.72. The summed E-state index contributed by atoms with van der Waals surface area (Å²) in [5.74, 6) is -2.91. The average molecular weight is 520 g/mol. The van der Waals surface area contributed by atoms with Gasteiger partial charge in [0.05, 0.1) is 13.1 Å². The number of hydrogen-bond donors (Lipinski definition) is 3. The van der Waals surface area contributed by atoms with Gasteiger partial charge in [-0.3, -0.25) is 9.89 Å². The van der Waals surface area contributed by atoms with Crippen molar-refractivity contribution in [1.82, 2.24) is 20.2 Å². The molecule has 192 valence electrons. The topological polar surface area (TPSA) is 98.8 Å². The second-order valence-corrected chi connectivity index (χ2v) is 10.8. The molecule has 1 unspecified atom stereocenters. The molecular formula is C24H28F3N7OS. The van der Waals surface area contributed by atoms with Gasteiger partial charge in [-0.25, -0.2) is 23.1 Å². The molecule has 6 rings (SSSR count). The predicted molar refractivity (Wildman–Crippen MR) is 134 cm³/mol. The normalized spacial score (nSPS) is 21.6. The molecule has 0 spiro atoms. The number of nitrogens with one attached hydrogen (secondary N) is 3. The van der Waals surface area contributed by atoms with Crippen LogP contribution in [0.2, 0.25) is 0 Å². The zero-order chi connectivity index (χ0) is 25.1. The lowest BCUT2D eigenvalue weighted by molar-refractivity contribution is -0.119. The molecule has 8 nitrogen and oxygen atoms in total. The first-order chi connectivity index (χ1) is 17.2. The summed E-state index contributed by atoms with van der Waals surface area (Å²) >= 11 is 1.30. The van der Waals surface area contributed by atoms with Crippen molar-refractivity contribution in [2.45, 2.75) is 47.8 Å². The van der Waals surface area contributed by atoms with Crippen LogP contribution in [-0.4, -0.2) is 50.8 Å². The highest BCUT2D eigenvalue weighted by Gasteiger charge is 2.61. The summed E-state index contributed by atoms with van der Waals surface area (Å²) in [5, 5.41) is 13.2. The van der Waals surface area contributed by atoms with Crippen molar-refractivity contribution in [3.63, 3.8) is 0 Å². The number of anilines is 4. The molecule has 3 fully saturated rings. The molecule has 36 heavy (non-hydrogen) atoms. The van der Waals surface area contributed by atoms with Crippen LogP contribution in [0, 0.1) is 18.8 Å². The smallest absolute Gasteiger partial charge is 0.260 e. The van der Waals surface area contributed by atoms with E-state index in [-0.39, 0.29) is 8.77 Å². The number of aromatic amines is 1. The molecule has 1 atom stereocenters. The van der Waals surface area contributed by atoms with Gasteiger partial charge in [0.1, 0.15) is 23.2 Å². The van der Waals surface area contributed by atoms with Crippen molar-refractivity contribution in [3.05, 3.63) is 42.1 Å². The number of nitrogens with zero attached hydrogens (tertiary/aromatic N) is 4. The maximum atomic E-state index is 15.0. The first-order valence-electron chi connectivity index (χ1n) is 11.8. The zero-order valence-corrected chi connectivity index (χ0v) is 20.2. The lowest BCUT2D eigenvalue weighted by Gasteiger charge is -2.45. The molecule has 2 aliphatic carbocycles. The molecule has 0 bridgehead atoms. The fourth-order valence-corrected chi connectivity index (χ4v) is 5.11. The van der Waals surface area contributed by atoms with Crippen molar-refractivity contribution >= 4 is 40.8 Å². The van der Waals surface area contributed by atoms with E-state index < -0.39 is 29.8 Å². The quantitative estimate of drug-likeness (QED) is 0.342. The number of aryl methyl sites for hydroxylation is 1. The van der Waals surface area contributed by atoms with Gasteiger partial charge < -0.3 is 15.5 Å². The molecule has 1 aromatic carbocycles. The maximum absolute atomic E-state index is 15.0. The fraction of sp³-hybridized carbons (Fsp3) is 0.417. The summed E-state index contributed by atoms with van der Waals surface area (Å²) in [6.07, 6.45) is 1.48. The number of H-pyrrole nitrogens is 1. The van der Waals surface area contributed by atoms with E-state index in [1.165, 1.54) is 11.8 Å². The van der Waals surface area contributed by atoms with Crippen LogP contribution in [0.3, 0.4) is 0 Å². The first-order valence-corrected chi connectivity index (χ1v) is 12.6. The number of alkyl halides is 3. The van der Waals surface area contributed by atoms with Crippen molar-refractivity contribution in [1.29, 1.82) is 0 Å². The van der Waals surface area contributed by atoms with E-state index in [0.717, 1.165) is 23.4 Å². The Morgan fingerprint density at radius 3 is 2.47 bits per heavy atom. The van der Waals surface area contributed by atoms with Gasteiger partial charge in [0.2, 0.25) is 5.91 Å². The molecule has 2 aromatic heterocycles. The van der Waals surface area contributed by atoms with Crippen molar-refractivity contribution in [2.75, 3.05) is 28.6 Å². The van der Waals surface area contributed by atoms with Gasteiger partial charge in [-0.05, 0) is 61.7 Å². The van der Waals surface area contributed by atoms with Gasteiger partial charge >= 0.3 is 0 Å². The van der Waals surface area contributed by atoms with Crippen LogP contribution in [0.15, 0.2) is 46.5 Å². The number of amides is 1. The Balaban J connectivity index is 0.00000168. The van der Waals surface area contributed by atoms with Gasteiger partial charge in [0.25, 0.3) is 5.92 Å². The van der Waals surface area contributed by atoms with Crippen LogP contribution < -0.4 is 15.5 Å². The molecule has 3 aromatic rings. The molecule has 2 saturated carbocycles. The molecular weight excluding hydrogens is 491 g/mol. The van der Waals surface area contributed by atoms with Crippen LogP contribution in [0.5, 0.6) is 0 Å². The number of rotatable bonds is 8. The molecule has 12 heteroatoms. The molecule has 1 aliphatic heterocycles. The lowest BCUT2D eigenvalue weighted by Crippen LogP contribution is -2.60. The third-order valence-electron chi connectivity index (χ3n) is 6.67. The van der Waals surface area contributed by atoms with Gasteiger partial charge in [-0.15, -0.1) is 0 Å². The second kappa shape index (κ2) is 8.39. The van der Waals surface area contributed by atoms with Crippen molar-refractivity contribution in [2.24, 2.45) is 11.8 Å². The molecule has 1 amide bonds. The van der Waals surface area contributed by atoms with E-state index in [9.17, 15) is 18.0 Å². The minimum Gasteiger partial charge on any atom is -0.350 e. The van der Waals surface area contributed by atoms with E-state index in [1.807, 2.05) is 17.9 Å². The Kier molecular flexibility index (Phi) is 5.39. The van der Waals surface area contributed by atoms with Gasteiger partial charge in [-0.1, -0.05) is 0 Å². The standard InChI is InChI=1S/C24H24F3N7OS.2H2/c1-13-8-19(33-32-13)29-18-9-20(34-11-23(25,12-34)14-2-3-14)31-22(30-18)36-16-6-4-15(5-7-16)28-21(35)17-10-24(17,26)27;;/h4-9,14,17H,2-3,10-12H2,1H3,(H,28,35)(H2,29,30,31,32,33);2*1H. The second-order valence-electron chi connectivity index (χ2n) is 9.75. The van der Waals surface area contributed by atoms with Gasteiger partial charge in [0.15, 0.2) is 11.0 Å².